The second-order valence-electron chi connectivity index (χ2n) is 9.76. The number of carbonyl (C=O) groups excluding carboxylic acids is 2. The van der Waals surface area contributed by atoms with Crippen LogP contribution in [-0.4, -0.2) is 24.6 Å². The standard InChI is InChI=1S/C28H54O4/c1-5-7-8-9-10-11-15-18-22-27(29)31-24-26(4)32-28(30)23-19-16-13-12-14-17-21-25(3)20-6-2/h25-26H,5-24H2,1-4H3/t25-,26-/m0/s1. The molecule has 0 aliphatic carbocycles. The largest absolute Gasteiger partial charge is 0.462 e. The van der Waals surface area contributed by atoms with E-state index in [0.29, 0.717) is 12.8 Å². The minimum absolute atomic E-state index is 0.165. The Balaban J connectivity index is 3.50. The van der Waals surface area contributed by atoms with Crippen LogP contribution in [0.2, 0.25) is 0 Å². The van der Waals surface area contributed by atoms with Crippen LogP contribution in [-0.2, 0) is 19.1 Å². The monoisotopic (exact) mass is 454 g/mol. The Morgan fingerprint density at radius 1 is 0.594 bits per heavy atom. The molecule has 0 fully saturated rings. The van der Waals surface area contributed by atoms with E-state index in [9.17, 15) is 9.59 Å². The van der Waals surface area contributed by atoms with Gasteiger partial charge in [0.2, 0.25) is 0 Å². The van der Waals surface area contributed by atoms with Crippen molar-refractivity contribution in [2.45, 2.75) is 156 Å². The molecule has 0 aromatic heterocycles. The first kappa shape index (κ1) is 30.9. The third kappa shape index (κ3) is 22.1. The highest BCUT2D eigenvalue weighted by Gasteiger charge is 2.12. The second kappa shape index (κ2) is 23.1. The van der Waals surface area contributed by atoms with Crippen molar-refractivity contribution in [2.24, 2.45) is 5.92 Å². The Morgan fingerprint density at radius 2 is 1.09 bits per heavy atom. The molecule has 0 radical (unpaired) electrons. The van der Waals surface area contributed by atoms with Crippen LogP contribution in [0, 0.1) is 5.92 Å². The number of unbranched alkanes of at least 4 members (excludes halogenated alkanes) is 12. The topological polar surface area (TPSA) is 52.6 Å². The first-order chi connectivity index (χ1) is 15.5. The zero-order valence-electron chi connectivity index (χ0n) is 21.9. The maximum atomic E-state index is 11.9. The van der Waals surface area contributed by atoms with Crippen molar-refractivity contribution in [3.8, 4) is 0 Å². The van der Waals surface area contributed by atoms with E-state index in [1.807, 2.05) is 0 Å². The van der Waals surface area contributed by atoms with Crippen molar-refractivity contribution in [1.29, 1.82) is 0 Å². The zero-order valence-corrected chi connectivity index (χ0v) is 21.9. The number of esters is 2. The summed E-state index contributed by atoms with van der Waals surface area (Å²) >= 11 is 0. The Bertz CT molecular complexity index is 435. The molecule has 0 aliphatic rings. The van der Waals surface area contributed by atoms with E-state index in [-0.39, 0.29) is 24.6 Å². The Kier molecular flexibility index (Phi) is 22.3. The molecule has 0 aromatic rings. The van der Waals surface area contributed by atoms with Crippen LogP contribution in [0.3, 0.4) is 0 Å². The average Bonchev–Trinajstić information content (AvgIpc) is 2.76. The van der Waals surface area contributed by atoms with E-state index in [1.54, 1.807) is 6.92 Å². The third-order valence-corrected chi connectivity index (χ3v) is 6.16. The summed E-state index contributed by atoms with van der Waals surface area (Å²) in [6.45, 7) is 8.80. The van der Waals surface area contributed by atoms with Crippen LogP contribution in [0.5, 0.6) is 0 Å². The van der Waals surface area contributed by atoms with Gasteiger partial charge in [-0.05, 0) is 25.7 Å². The first-order valence-electron chi connectivity index (χ1n) is 13.8. The van der Waals surface area contributed by atoms with Crippen molar-refractivity contribution in [3.05, 3.63) is 0 Å². The predicted octanol–water partition coefficient (Wildman–Crippen LogP) is 8.55. The minimum atomic E-state index is -0.366. The van der Waals surface area contributed by atoms with Crippen LogP contribution in [0.15, 0.2) is 0 Å². The summed E-state index contributed by atoms with van der Waals surface area (Å²) in [7, 11) is 0. The lowest BCUT2D eigenvalue weighted by Gasteiger charge is -2.13. The smallest absolute Gasteiger partial charge is 0.306 e. The molecule has 0 unspecified atom stereocenters. The van der Waals surface area contributed by atoms with Gasteiger partial charge in [-0.3, -0.25) is 9.59 Å². The Labute approximate surface area is 199 Å². The summed E-state index contributed by atoms with van der Waals surface area (Å²) in [6, 6.07) is 0. The summed E-state index contributed by atoms with van der Waals surface area (Å²) in [5.41, 5.74) is 0. The maximum absolute atomic E-state index is 11.9. The fourth-order valence-electron chi connectivity index (χ4n) is 4.11. The molecule has 0 rings (SSSR count). The van der Waals surface area contributed by atoms with Crippen molar-refractivity contribution in [3.63, 3.8) is 0 Å². The van der Waals surface area contributed by atoms with Crippen molar-refractivity contribution in [1.82, 2.24) is 0 Å². The molecule has 0 heterocycles. The van der Waals surface area contributed by atoms with Crippen molar-refractivity contribution >= 4 is 11.9 Å². The molecule has 32 heavy (non-hydrogen) atoms. The molecule has 0 N–H and O–H groups in total. The first-order valence-corrected chi connectivity index (χ1v) is 13.8. The maximum Gasteiger partial charge on any atom is 0.306 e. The third-order valence-electron chi connectivity index (χ3n) is 6.16. The predicted molar refractivity (Wildman–Crippen MR) is 135 cm³/mol. The van der Waals surface area contributed by atoms with Crippen LogP contribution in [0.25, 0.3) is 0 Å². The van der Waals surface area contributed by atoms with E-state index >= 15 is 0 Å². The number of hydrogen-bond donors (Lipinski definition) is 0. The fourth-order valence-corrected chi connectivity index (χ4v) is 4.11. The quantitative estimate of drug-likeness (QED) is 0.115. The van der Waals surface area contributed by atoms with E-state index in [2.05, 4.69) is 20.8 Å². The van der Waals surface area contributed by atoms with Crippen LogP contribution in [0.1, 0.15) is 150 Å². The zero-order chi connectivity index (χ0) is 23.9. The summed E-state index contributed by atoms with van der Waals surface area (Å²) < 4.78 is 10.6. The molecule has 0 aliphatic heterocycles. The Morgan fingerprint density at radius 3 is 1.66 bits per heavy atom. The van der Waals surface area contributed by atoms with Crippen molar-refractivity contribution < 1.29 is 19.1 Å². The molecule has 0 aromatic carbocycles. The average molecular weight is 455 g/mol. The summed E-state index contributed by atoms with van der Waals surface area (Å²) in [6.07, 6.45) is 21.3. The second-order valence-corrected chi connectivity index (χ2v) is 9.76. The molecule has 0 bridgehead atoms. The van der Waals surface area contributed by atoms with E-state index in [0.717, 1.165) is 31.6 Å². The number of ether oxygens (including phenoxy) is 2. The lowest BCUT2D eigenvalue weighted by molar-refractivity contribution is -0.158. The van der Waals surface area contributed by atoms with Crippen LogP contribution < -0.4 is 0 Å². The highest BCUT2D eigenvalue weighted by Crippen LogP contribution is 2.16. The lowest BCUT2D eigenvalue weighted by atomic mass is 9.98. The normalized spacial score (nSPS) is 13.0. The molecule has 0 spiro atoms. The lowest BCUT2D eigenvalue weighted by Crippen LogP contribution is -2.22. The van der Waals surface area contributed by atoms with Gasteiger partial charge in [-0.1, -0.05) is 117 Å². The van der Waals surface area contributed by atoms with E-state index in [1.165, 1.54) is 83.5 Å². The molecule has 4 nitrogen and oxygen atoms in total. The molecular weight excluding hydrogens is 400 g/mol. The molecule has 4 heteroatoms. The van der Waals surface area contributed by atoms with Gasteiger partial charge in [0.1, 0.15) is 12.7 Å². The fraction of sp³-hybridized carbons (Fsp3) is 0.929. The molecule has 0 saturated heterocycles. The summed E-state index contributed by atoms with van der Waals surface area (Å²) in [5, 5.41) is 0. The Hall–Kier alpha value is -1.06. The van der Waals surface area contributed by atoms with Gasteiger partial charge in [-0.25, -0.2) is 0 Å². The summed E-state index contributed by atoms with van der Waals surface area (Å²) in [5.74, 6) is 0.508. The van der Waals surface area contributed by atoms with Crippen molar-refractivity contribution in [2.75, 3.05) is 6.61 Å². The SMILES string of the molecule is CCCCCCCCCCC(=O)OC[C@H](C)OC(=O)CCCCCCCC[C@@H](C)CCC. The summed E-state index contributed by atoms with van der Waals surface area (Å²) in [4.78, 5) is 23.8. The van der Waals surface area contributed by atoms with Gasteiger partial charge in [-0.2, -0.15) is 0 Å². The molecular formula is C28H54O4. The molecule has 2 atom stereocenters. The van der Waals surface area contributed by atoms with Gasteiger partial charge in [0, 0.05) is 12.8 Å². The molecule has 0 saturated carbocycles. The highest BCUT2D eigenvalue weighted by atomic mass is 16.6. The van der Waals surface area contributed by atoms with Gasteiger partial charge >= 0.3 is 11.9 Å². The van der Waals surface area contributed by atoms with E-state index < -0.39 is 0 Å². The number of hydrogen-bond acceptors (Lipinski definition) is 4. The number of rotatable bonds is 23. The van der Waals surface area contributed by atoms with Gasteiger partial charge < -0.3 is 9.47 Å². The minimum Gasteiger partial charge on any atom is -0.462 e. The van der Waals surface area contributed by atoms with Gasteiger partial charge in [-0.15, -0.1) is 0 Å². The number of carbonyl (C=O) groups is 2. The highest BCUT2D eigenvalue weighted by molar-refractivity contribution is 5.70. The molecule has 0 amide bonds. The molecule has 190 valence electrons. The van der Waals surface area contributed by atoms with Crippen LogP contribution in [0.4, 0.5) is 0 Å². The van der Waals surface area contributed by atoms with Gasteiger partial charge in [0.25, 0.3) is 0 Å². The van der Waals surface area contributed by atoms with Gasteiger partial charge in [0.15, 0.2) is 0 Å². The van der Waals surface area contributed by atoms with E-state index in [4.69, 9.17) is 9.47 Å². The van der Waals surface area contributed by atoms with Gasteiger partial charge in [0.05, 0.1) is 0 Å². The van der Waals surface area contributed by atoms with Crippen LogP contribution >= 0.6 is 0 Å².